The number of amides is 1. The van der Waals surface area contributed by atoms with Gasteiger partial charge in [-0.15, -0.1) is 0 Å². The highest BCUT2D eigenvalue weighted by Gasteiger charge is 2.27. The molecular weight excluding hydrogens is 352 g/mol. The molecule has 1 aromatic heterocycles. The summed E-state index contributed by atoms with van der Waals surface area (Å²) in [5.41, 5.74) is 2.81. The fraction of sp³-hybridized carbons (Fsp3) is 0.545. The van der Waals surface area contributed by atoms with Crippen LogP contribution in [0.4, 0.5) is 0 Å². The summed E-state index contributed by atoms with van der Waals surface area (Å²) in [6.07, 6.45) is 5.60. The Morgan fingerprint density at radius 2 is 2.00 bits per heavy atom. The van der Waals surface area contributed by atoms with Crippen molar-refractivity contribution >= 4 is 5.91 Å². The van der Waals surface area contributed by atoms with E-state index in [4.69, 9.17) is 4.74 Å². The highest BCUT2D eigenvalue weighted by atomic mass is 16.5. The van der Waals surface area contributed by atoms with Gasteiger partial charge in [-0.25, -0.2) is 4.68 Å². The van der Waals surface area contributed by atoms with Gasteiger partial charge in [0.05, 0.1) is 0 Å². The van der Waals surface area contributed by atoms with Gasteiger partial charge in [0.2, 0.25) is 0 Å². The van der Waals surface area contributed by atoms with E-state index in [9.17, 15) is 4.79 Å². The van der Waals surface area contributed by atoms with Crippen molar-refractivity contribution in [2.24, 2.45) is 5.92 Å². The molecule has 2 fully saturated rings. The molecule has 1 amide bonds. The first-order chi connectivity index (χ1) is 13.6. The zero-order valence-electron chi connectivity index (χ0n) is 16.9. The van der Waals surface area contributed by atoms with Gasteiger partial charge in [0.25, 0.3) is 5.91 Å². The number of aryl methyl sites for hydroxylation is 2. The predicted octanol–water partition coefficient (Wildman–Crippen LogP) is 3.09. The standard InChI is InChI=1S/C22H30N4O2/c1-17-4-7-21(18(2)14-17)28-16-26-11-8-20(23-26)22(27)25-10-3-9-24(12-13-25)15-19-5-6-19/h4,7-8,11,14,19H,3,5-6,9-10,12-13,15-16H2,1-2H3. The summed E-state index contributed by atoms with van der Waals surface area (Å²) in [4.78, 5) is 17.3. The van der Waals surface area contributed by atoms with Crippen LogP contribution in [-0.4, -0.2) is 58.2 Å². The molecule has 0 N–H and O–H groups in total. The Bertz CT molecular complexity index is 828. The molecule has 1 aliphatic heterocycles. The number of hydrogen-bond acceptors (Lipinski definition) is 4. The third kappa shape index (κ3) is 4.73. The summed E-state index contributed by atoms with van der Waals surface area (Å²) in [6.45, 7) is 9.27. The number of aromatic nitrogens is 2. The molecule has 2 heterocycles. The SMILES string of the molecule is Cc1ccc(OCn2ccc(C(=O)N3CCCN(CC4CC4)CC3)n2)c(C)c1. The predicted molar refractivity (Wildman–Crippen MR) is 108 cm³/mol. The maximum absolute atomic E-state index is 12.9. The lowest BCUT2D eigenvalue weighted by atomic mass is 10.1. The second-order valence-electron chi connectivity index (χ2n) is 8.17. The first kappa shape index (κ1) is 19.0. The van der Waals surface area contributed by atoms with Crippen LogP contribution in [0.1, 0.15) is 40.9 Å². The summed E-state index contributed by atoms with van der Waals surface area (Å²) < 4.78 is 7.55. The van der Waals surface area contributed by atoms with Gasteiger partial charge in [0.15, 0.2) is 12.4 Å². The van der Waals surface area contributed by atoms with Gasteiger partial charge in [0, 0.05) is 32.4 Å². The normalized spacial score (nSPS) is 18.1. The molecule has 0 atom stereocenters. The van der Waals surface area contributed by atoms with Crippen molar-refractivity contribution < 1.29 is 9.53 Å². The minimum Gasteiger partial charge on any atom is -0.471 e. The second-order valence-corrected chi connectivity index (χ2v) is 8.17. The lowest BCUT2D eigenvalue weighted by Gasteiger charge is -2.21. The number of carbonyl (C=O) groups is 1. The minimum atomic E-state index is 0.0264. The van der Waals surface area contributed by atoms with Crippen molar-refractivity contribution in [3.05, 3.63) is 47.3 Å². The van der Waals surface area contributed by atoms with Crippen LogP contribution in [-0.2, 0) is 6.73 Å². The van der Waals surface area contributed by atoms with Crippen LogP contribution in [0, 0.1) is 19.8 Å². The molecule has 6 nitrogen and oxygen atoms in total. The van der Waals surface area contributed by atoms with Crippen LogP contribution in [0.25, 0.3) is 0 Å². The van der Waals surface area contributed by atoms with Gasteiger partial charge in [-0.05, 0) is 63.3 Å². The fourth-order valence-electron chi connectivity index (χ4n) is 3.83. The molecule has 1 aromatic carbocycles. The van der Waals surface area contributed by atoms with Crippen molar-refractivity contribution in [3.63, 3.8) is 0 Å². The number of rotatable bonds is 6. The van der Waals surface area contributed by atoms with Crippen LogP contribution in [0.5, 0.6) is 5.75 Å². The second kappa shape index (κ2) is 8.35. The molecule has 0 spiro atoms. The average Bonchev–Trinajstić information content (AvgIpc) is 3.42. The monoisotopic (exact) mass is 382 g/mol. The highest BCUT2D eigenvalue weighted by Crippen LogP contribution is 2.30. The molecule has 4 rings (SSSR count). The number of carbonyl (C=O) groups excluding carboxylic acids is 1. The quantitative estimate of drug-likeness (QED) is 0.770. The summed E-state index contributed by atoms with van der Waals surface area (Å²) in [5, 5.41) is 4.44. The number of ether oxygens (including phenoxy) is 1. The van der Waals surface area contributed by atoms with E-state index in [1.54, 1.807) is 10.7 Å². The molecule has 2 aliphatic rings. The van der Waals surface area contributed by atoms with E-state index in [0.29, 0.717) is 12.4 Å². The van der Waals surface area contributed by atoms with E-state index in [0.717, 1.165) is 49.8 Å². The molecule has 0 radical (unpaired) electrons. The van der Waals surface area contributed by atoms with Gasteiger partial charge < -0.3 is 14.5 Å². The van der Waals surface area contributed by atoms with Crippen molar-refractivity contribution in [1.82, 2.24) is 19.6 Å². The van der Waals surface area contributed by atoms with E-state index in [2.05, 4.69) is 23.0 Å². The molecular formula is C22H30N4O2. The molecule has 1 saturated carbocycles. The molecule has 150 valence electrons. The Morgan fingerprint density at radius 3 is 2.79 bits per heavy atom. The maximum Gasteiger partial charge on any atom is 0.274 e. The van der Waals surface area contributed by atoms with E-state index in [1.807, 2.05) is 30.2 Å². The highest BCUT2D eigenvalue weighted by molar-refractivity contribution is 5.92. The first-order valence-corrected chi connectivity index (χ1v) is 10.3. The van der Waals surface area contributed by atoms with Crippen LogP contribution >= 0.6 is 0 Å². The maximum atomic E-state index is 12.9. The molecule has 6 heteroatoms. The number of hydrogen-bond donors (Lipinski definition) is 0. The van der Waals surface area contributed by atoms with Gasteiger partial charge in [-0.3, -0.25) is 4.79 Å². The Balaban J connectivity index is 1.32. The smallest absolute Gasteiger partial charge is 0.274 e. The van der Waals surface area contributed by atoms with Crippen molar-refractivity contribution in [1.29, 1.82) is 0 Å². The van der Waals surface area contributed by atoms with E-state index >= 15 is 0 Å². The minimum absolute atomic E-state index is 0.0264. The average molecular weight is 383 g/mol. The summed E-state index contributed by atoms with van der Waals surface area (Å²) >= 11 is 0. The zero-order chi connectivity index (χ0) is 19.5. The van der Waals surface area contributed by atoms with Crippen molar-refractivity contribution in [2.45, 2.75) is 39.8 Å². The topological polar surface area (TPSA) is 50.6 Å². The Labute approximate surface area is 167 Å². The number of nitrogens with zero attached hydrogens (tertiary/aromatic N) is 4. The van der Waals surface area contributed by atoms with Gasteiger partial charge in [-0.1, -0.05) is 17.7 Å². The lowest BCUT2D eigenvalue weighted by Crippen LogP contribution is -2.36. The van der Waals surface area contributed by atoms with Crippen molar-refractivity contribution in [3.8, 4) is 5.75 Å². The largest absolute Gasteiger partial charge is 0.471 e. The van der Waals surface area contributed by atoms with Crippen LogP contribution in [0.15, 0.2) is 30.5 Å². The Hall–Kier alpha value is -2.34. The van der Waals surface area contributed by atoms with Gasteiger partial charge >= 0.3 is 0 Å². The van der Waals surface area contributed by atoms with Crippen LogP contribution < -0.4 is 4.74 Å². The van der Waals surface area contributed by atoms with Gasteiger partial charge in [-0.2, -0.15) is 5.10 Å². The third-order valence-corrected chi connectivity index (χ3v) is 5.63. The molecule has 1 aliphatic carbocycles. The molecule has 2 aromatic rings. The molecule has 0 bridgehead atoms. The van der Waals surface area contributed by atoms with E-state index < -0.39 is 0 Å². The van der Waals surface area contributed by atoms with Gasteiger partial charge in [0.1, 0.15) is 5.75 Å². The molecule has 0 unspecified atom stereocenters. The fourth-order valence-corrected chi connectivity index (χ4v) is 3.83. The summed E-state index contributed by atoms with van der Waals surface area (Å²) in [7, 11) is 0. The third-order valence-electron chi connectivity index (χ3n) is 5.63. The summed E-state index contributed by atoms with van der Waals surface area (Å²) in [5.74, 6) is 1.77. The van der Waals surface area contributed by atoms with E-state index in [-0.39, 0.29) is 5.91 Å². The van der Waals surface area contributed by atoms with Crippen molar-refractivity contribution in [2.75, 3.05) is 32.7 Å². The molecule has 28 heavy (non-hydrogen) atoms. The number of benzene rings is 1. The van der Waals surface area contributed by atoms with Crippen LogP contribution in [0.3, 0.4) is 0 Å². The Morgan fingerprint density at radius 1 is 1.14 bits per heavy atom. The first-order valence-electron chi connectivity index (χ1n) is 10.3. The summed E-state index contributed by atoms with van der Waals surface area (Å²) in [6, 6.07) is 7.90. The van der Waals surface area contributed by atoms with E-state index in [1.165, 1.54) is 24.9 Å². The lowest BCUT2D eigenvalue weighted by molar-refractivity contribution is 0.0753. The van der Waals surface area contributed by atoms with Crippen LogP contribution in [0.2, 0.25) is 0 Å². The molecule has 1 saturated heterocycles. The zero-order valence-corrected chi connectivity index (χ0v) is 16.9. The Kier molecular flexibility index (Phi) is 5.67.